The Morgan fingerprint density at radius 3 is 2.47 bits per heavy atom. The fourth-order valence-electron chi connectivity index (χ4n) is 10.6. The van der Waals surface area contributed by atoms with E-state index in [0.717, 1.165) is 25.9 Å². The number of aromatic nitrogens is 3. The Morgan fingerprint density at radius 2 is 1.78 bits per heavy atom. The van der Waals surface area contributed by atoms with Crippen molar-refractivity contribution >= 4 is 29.6 Å². The van der Waals surface area contributed by atoms with Gasteiger partial charge in [-0.1, -0.05) is 38.1 Å². The number of nitrogens with one attached hydrogen (secondary N) is 2. The van der Waals surface area contributed by atoms with Crippen LogP contribution in [0.5, 0.6) is 0 Å². The van der Waals surface area contributed by atoms with Gasteiger partial charge in [0.2, 0.25) is 0 Å². The summed E-state index contributed by atoms with van der Waals surface area (Å²) in [6, 6.07) is 5.88. The molecule has 5 heterocycles. The number of carbonyl (C=O) groups is 4. The second kappa shape index (κ2) is 21.0. The number of hydrogen-bond acceptors (Lipinski definition) is 14. The molecule has 0 aliphatic carbocycles. The highest BCUT2D eigenvalue weighted by molar-refractivity contribution is 6.00. The van der Waals surface area contributed by atoms with E-state index in [1.54, 1.807) is 48.0 Å². The number of anilines is 1. The molecule has 6 rings (SSSR count). The van der Waals surface area contributed by atoms with Crippen LogP contribution in [0, 0.1) is 17.8 Å². The molecular weight excluding hydrogens is 827 g/mol. The number of amides is 2. The molecule has 4 aliphatic heterocycles. The standard InChI is InChI=1S/C46H71N7O11/c1-10-36-46(8)39(53(44(59)64-46)21-14-13-20-52-26-34(49-50-52)32-16-15-17-33(23-32)48-43(57)58)31(6)47-25-27(2)24-45(7,60-9)40(29(4)37(54)30(5)41(56)62-36)63-42-38(55)35(22-28(3)61-42)51-18-11-12-19-51/h15-17,23,26-31,35-36,38-40,42,47-48,55H,10-14,18-22,24-25H2,1-9H3,(H,57,58)/t27-,28-,29+,30-,31-,35+,36-,38-,39-,40-,42+,45-,46-/m1/s1. The number of hydrogen-bond donors (Lipinski definition) is 4. The first-order valence-electron chi connectivity index (χ1n) is 23.1. The van der Waals surface area contributed by atoms with Gasteiger partial charge in [0, 0.05) is 49.5 Å². The van der Waals surface area contributed by atoms with Crippen molar-refractivity contribution in [2.45, 2.75) is 167 Å². The predicted octanol–water partition coefficient (Wildman–Crippen LogP) is 5.33. The molecule has 0 unspecified atom stereocenters. The van der Waals surface area contributed by atoms with Gasteiger partial charge in [0.05, 0.1) is 30.0 Å². The van der Waals surface area contributed by atoms with Crippen LogP contribution in [0.2, 0.25) is 0 Å². The number of aryl methyl sites for hydroxylation is 1. The Bertz CT molecular complexity index is 1930. The number of Topliss-reactive ketones (excluding diaryl/α,β-unsaturated/α-hetero) is 1. The zero-order valence-electron chi connectivity index (χ0n) is 39.0. The van der Waals surface area contributed by atoms with E-state index in [4.69, 9.17) is 28.8 Å². The summed E-state index contributed by atoms with van der Waals surface area (Å²) in [5.74, 6) is -3.21. The number of carbonyl (C=O) groups excluding carboxylic acids is 3. The van der Waals surface area contributed by atoms with E-state index in [9.17, 15) is 24.3 Å². The van der Waals surface area contributed by atoms with Gasteiger partial charge in [-0.3, -0.25) is 29.4 Å². The number of esters is 1. The highest BCUT2D eigenvalue weighted by Crippen LogP contribution is 2.40. The van der Waals surface area contributed by atoms with Crippen molar-refractivity contribution in [2.75, 3.05) is 38.6 Å². The average molecular weight is 898 g/mol. The molecule has 2 aromatic rings. The molecule has 4 N–H and O–H groups in total. The minimum absolute atomic E-state index is 0.0297. The number of carboxylic acid groups (broad SMARTS) is 1. The number of benzene rings is 1. The van der Waals surface area contributed by atoms with Crippen molar-refractivity contribution in [3.8, 4) is 11.3 Å². The Kier molecular flexibility index (Phi) is 16.1. The van der Waals surface area contributed by atoms with E-state index in [0.29, 0.717) is 68.7 Å². The first-order chi connectivity index (χ1) is 30.4. The quantitative estimate of drug-likeness (QED) is 0.120. The van der Waals surface area contributed by atoms with Gasteiger partial charge in [-0.15, -0.1) is 5.10 Å². The lowest BCUT2D eigenvalue weighted by Gasteiger charge is -2.47. The van der Waals surface area contributed by atoms with Crippen molar-refractivity contribution in [3.05, 3.63) is 30.5 Å². The fourth-order valence-corrected chi connectivity index (χ4v) is 10.6. The summed E-state index contributed by atoms with van der Waals surface area (Å²) in [6.45, 7) is 18.1. The largest absolute Gasteiger partial charge is 0.465 e. The number of fused-ring (bicyclic) bond motifs is 1. The monoisotopic (exact) mass is 898 g/mol. The van der Waals surface area contributed by atoms with E-state index in [1.807, 2.05) is 40.7 Å². The number of unbranched alkanes of at least 4 members (excludes halogenated alkanes) is 1. The van der Waals surface area contributed by atoms with Crippen LogP contribution in [0.15, 0.2) is 30.5 Å². The Morgan fingerprint density at radius 1 is 1.06 bits per heavy atom. The second-order valence-electron chi connectivity index (χ2n) is 19.0. The van der Waals surface area contributed by atoms with Crippen molar-refractivity contribution < 1.29 is 53.1 Å². The van der Waals surface area contributed by atoms with Crippen molar-refractivity contribution in [1.82, 2.24) is 30.1 Å². The van der Waals surface area contributed by atoms with Crippen LogP contribution in [0.25, 0.3) is 11.3 Å². The van der Waals surface area contributed by atoms with E-state index in [1.165, 1.54) is 6.92 Å². The minimum atomic E-state index is -1.26. The number of ketones is 1. The third-order valence-corrected chi connectivity index (χ3v) is 14.0. The van der Waals surface area contributed by atoms with E-state index < -0.39 is 77.6 Å². The first-order valence-corrected chi connectivity index (χ1v) is 23.1. The van der Waals surface area contributed by atoms with E-state index in [2.05, 4.69) is 32.8 Å². The normalized spacial score (nSPS) is 35.9. The zero-order chi connectivity index (χ0) is 46.5. The molecule has 18 nitrogen and oxygen atoms in total. The van der Waals surface area contributed by atoms with Gasteiger partial charge in [-0.25, -0.2) is 9.59 Å². The highest BCUT2D eigenvalue weighted by Gasteiger charge is 2.59. The number of likely N-dealkylation sites (tertiary alicyclic amines) is 1. The van der Waals surface area contributed by atoms with Crippen LogP contribution in [0.3, 0.4) is 0 Å². The summed E-state index contributed by atoms with van der Waals surface area (Å²) in [6.07, 6.45) is 1.00. The van der Waals surface area contributed by atoms with Gasteiger partial charge in [0.25, 0.3) is 0 Å². The topological polar surface area (TPSA) is 216 Å². The van der Waals surface area contributed by atoms with Gasteiger partial charge < -0.3 is 39.2 Å². The van der Waals surface area contributed by atoms with Gasteiger partial charge in [0.15, 0.2) is 17.7 Å². The van der Waals surface area contributed by atoms with Crippen molar-refractivity contribution in [3.63, 3.8) is 0 Å². The summed E-state index contributed by atoms with van der Waals surface area (Å²) >= 11 is 0. The molecule has 356 valence electrons. The lowest BCUT2D eigenvalue weighted by atomic mass is 9.78. The van der Waals surface area contributed by atoms with E-state index >= 15 is 0 Å². The molecule has 1 aromatic heterocycles. The molecule has 13 atom stereocenters. The van der Waals surface area contributed by atoms with Crippen LogP contribution < -0.4 is 10.6 Å². The van der Waals surface area contributed by atoms with Gasteiger partial charge >= 0.3 is 18.2 Å². The molecule has 4 fully saturated rings. The summed E-state index contributed by atoms with van der Waals surface area (Å²) in [5, 5.41) is 35.4. The van der Waals surface area contributed by atoms with Crippen LogP contribution in [-0.4, -0.2) is 152 Å². The Hall–Kier alpha value is -4.20. The third kappa shape index (κ3) is 10.9. The molecule has 0 radical (unpaired) electrons. The molecular formula is C46H71N7O11. The average Bonchev–Trinajstić information content (AvgIpc) is 4.02. The number of methoxy groups -OCH3 is 1. The molecule has 0 bridgehead atoms. The summed E-state index contributed by atoms with van der Waals surface area (Å²) < 4.78 is 33.5. The second-order valence-corrected chi connectivity index (χ2v) is 19.0. The molecule has 4 aliphatic rings. The van der Waals surface area contributed by atoms with Gasteiger partial charge in [0.1, 0.15) is 23.8 Å². The number of aliphatic hydroxyl groups excluding tert-OH is 1. The number of nitrogens with zero attached hydrogens (tertiary/aromatic N) is 5. The first kappa shape index (κ1) is 49.2. The SMILES string of the molecule is CC[C@H]1OC(=O)[C@H](C)C(=O)[C@H](C)[C@@H](O[C@@H]2O[C@H](C)C[C@H](N3CCCC3)[C@H]2O)[C@](C)(OC)C[C@@H](C)CN[C@H](C)[C@H]2N(CCCCn3cc(-c4cccc(NC(=O)O)c4)nn3)C(=O)O[C@]12C. The molecule has 4 saturated heterocycles. The van der Waals surface area contributed by atoms with Gasteiger partial charge in [-0.05, 0) is 117 Å². The predicted molar refractivity (Wildman–Crippen MR) is 236 cm³/mol. The minimum Gasteiger partial charge on any atom is -0.465 e. The molecule has 0 spiro atoms. The summed E-state index contributed by atoms with van der Waals surface area (Å²) in [4.78, 5) is 57.6. The van der Waals surface area contributed by atoms with Crippen LogP contribution >= 0.6 is 0 Å². The van der Waals surface area contributed by atoms with Crippen LogP contribution in [-0.2, 0) is 39.8 Å². The Balaban J connectivity index is 1.20. The smallest absolute Gasteiger partial charge is 0.410 e. The maximum atomic E-state index is 14.5. The number of rotatable bonds is 12. The van der Waals surface area contributed by atoms with Crippen molar-refractivity contribution in [1.29, 1.82) is 0 Å². The molecule has 2 amide bonds. The molecule has 0 saturated carbocycles. The maximum absolute atomic E-state index is 14.5. The lowest BCUT2D eigenvalue weighted by molar-refractivity contribution is -0.296. The van der Waals surface area contributed by atoms with Crippen molar-refractivity contribution in [2.24, 2.45) is 17.8 Å². The summed E-state index contributed by atoms with van der Waals surface area (Å²) in [7, 11) is 1.59. The number of ether oxygens (including phenoxy) is 5. The van der Waals surface area contributed by atoms with Crippen LogP contribution in [0.4, 0.5) is 15.3 Å². The molecule has 1 aromatic carbocycles. The van der Waals surface area contributed by atoms with E-state index in [-0.39, 0.29) is 24.1 Å². The zero-order valence-corrected chi connectivity index (χ0v) is 39.0. The molecule has 18 heteroatoms. The number of cyclic esters (lactones) is 1. The van der Waals surface area contributed by atoms with Crippen LogP contribution in [0.1, 0.15) is 100 Å². The highest BCUT2D eigenvalue weighted by atomic mass is 16.7. The fraction of sp³-hybridized carbons (Fsp3) is 0.739. The molecule has 64 heavy (non-hydrogen) atoms. The number of aliphatic hydroxyl groups is 1. The maximum Gasteiger partial charge on any atom is 0.410 e. The lowest BCUT2D eigenvalue weighted by Crippen LogP contribution is -2.61. The van der Waals surface area contributed by atoms with Gasteiger partial charge in [-0.2, -0.15) is 0 Å². The Labute approximate surface area is 377 Å². The third-order valence-electron chi connectivity index (χ3n) is 14.0. The summed E-state index contributed by atoms with van der Waals surface area (Å²) in [5.41, 5.74) is -0.588.